The molecule has 0 radical (unpaired) electrons. The van der Waals surface area contributed by atoms with Crippen LogP contribution in [-0.4, -0.2) is 12.1 Å². The number of aromatic amines is 1. The number of halogens is 1. The first-order valence-electron chi connectivity index (χ1n) is 4.67. The number of rotatable bonds is 2. The number of ether oxygens (including phenoxy) is 1. The van der Waals surface area contributed by atoms with E-state index in [1.807, 2.05) is 6.07 Å². The molecule has 0 bridgehead atoms. The molecule has 0 spiro atoms. The highest BCUT2D eigenvalue weighted by Gasteiger charge is 2.11. The van der Waals surface area contributed by atoms with E-state index in [9.17, 15) is 4.39 Å². The van der Waals surface area contributed by atoms with Gasteiger partial charge in [-0.2, -0.15) is 5.26 Å². The quantitative estimate of drug-likeness (QED) is 0.838. The second-order valence-corrected chi connectivity index (χ2v) is 3.24. The predicted molar refractivity (Wildman–Crippen MR) is 57.5 cm³/mol. The van der Waals surface area contributed by atoms with Crippen molar-refractivity contribution in [2.45, 2.75) is 0 Å². The Hall–Kier alpha value is -2.28. The maximum atomic E-state index is 13.6. The van der Waals surface area contributed by atoms with Gasteiger partial charge < -0.3 is 9.72 Å². The first-order chi connectivity index (χ1) is 7.76. The van der Waals surface area contributed by atoms with E-state index in [0.717, 1.165) is 0 Å². The molecule has 16 heavy (non-hydrogen) atoms. The lowest BCUT2D eigenvalue weighted by atomic mass is 10.0. The van der Waals surface area contributed by atoms with Crippen LogP contribution < -0.4 is 4.74 Å². The Morgan fingerprint density at radius 1 is 1.31 bits per heavy atom. The Bertz CT molecular complexity index is 554. The van der Waals surface area contributed by atoms with E-state index in [1.165, 1.54) is 25.4 Å². The Balaban J connectivity index is 2.60. The van der Waals surface area contributed by atoms with Crippen LogP contribution >= 0.6 is 0 Å². The number of benzene rings is 1. The minimum atomic E-state index is -0.378. The van der Waals surface area contributed by atoms with E-state index >= 15 is 0 Å². The molecule has 0 fully saturated rings. The van der Waals surface area contributed by atoms with Gasteiger partial charge in [0.25, 0.3) is 0 Å². The molecule has 2 rings (SSSR count). The summed E-state index contributed by atoms with van der Waals surface area (Å²) in [5.41, 5.74) is 1.31. The molecule has 1 aromatic heterocycles. The Morgan fingerprint density at radius 3 is 2.81 bits per heavy atom. The summed E-state index contributed by atoms with van der Waals surface area (Å²) in [7, 11) is 1.51. The first-order valence-corrected chi connectivity index (χ1v) is 4.67. The normalized spacial score (nSPS) is 9.81. The smallest absolute Gasteiger partial charge is 0.131 e. The number of methoxy groups -OCH3 is 1. The Morgan fingerprint density at radius 2 is 2.12 bits per heavy atom. The zero-order valence-electron chi connectivity index (χ0n) is 8.62. The van der Waals surface area contributed by atoms with Crippen LogP contribution in [0.2, 0.25) is 0 Å². The van der Waals surface area contributed by atoms with E-state index in [2.05, 4.69) is 4.98 Å². The van der Waals surface area contributed by atoms with Crippen LogP contribution in [0.25, 0.3) is 11.1 Å². The van der Waals surface area contributed by atoms with Crippen molar-refractivity contribution in [1.29, 1.82) is 5.26 Å². The highest BCUT2D eigenvalue weighted by atomic mass is 19.1. The van der Waals surface area contributed by atoms with Crippen LogP contribution in [0, 0.1) is 17.1 Å². The van der Waals surface area contributed by atoms with Crippen molar-refractivity contribution in [1.82, 2.24) is 4.98 Å². The number of hydrogen-bond donors (Lipinski definition) is 1. The molecule has 0 aliphatic heterocycles. The van der Waals surface area contributed by atoms with Gasteiger partial charge in [-0.15, -0.1) is 0 Å². The van der Waals surface area contributed by atoms with Crippen LogP contribution in [-0.2, 0) is 0 Å². The lowest BCUT2D eigenvalue weighted by molar-refractivity contribution is 0.414. The van der Waals surface area contributed by atoms with Gasteiger partial charge in [0.05, 0.1) is 12.7 Å². The highest BCUT2D eigenvalue weighted by Crippen LogP contribution is 2.29. The van der Waals surface area contributed by atoms with Gasteiger partial charge in [0.2, 0.25) is 0 Å². The molecule has 0 unspecified atom stereocenters. The van der Waals surface area contributed by atoms with Gasteiger partial charge in [-0.25, -0.2) is 4.39 Å². The summed E-state index contributed by atoms with van der Waals surface area (Å²) in [6.07, 6.45) is 3.13. The third kappa shape index (κ3) is 1.63. The maximum Gasteiger partial charge on any atom is 0.131 e. The largest absolute Gasteiger partial charge is 0.497 e. The molecule has 1 N–H and O–H groups in total. The number of aromatic nitrogens is 1. The second-order valence-electron chi connectivity index (χ2n) is 3.24. The van der Waals surface area contributed by atoms with E-state index in [1.54, 1.807) is 12.3 Å². The van der Waals surface area contributed by atoms with Crippen molar-refractivity contribution in [3.8, 4) is 22.9 Å². The summed E-state index contributed by atoms with van der Waals surface area (Å²) in [4.78, 5) is 2.78. The van der Waals surface area contributed by atoms with Gasteiger partial charge in [-0.05, 0) is 18.2 Å². The number of H-pyrrole nitrogens is 1. The lowest BCUT2D eigenvalue weighted by Crippen LogP contribution is -1.88. The van der Waals surface area contributed by atoms with Gasteiger partial charge in [-0.3, -0.25) is 0 Å². The summed E-state index contributed by atoms with van der Waals surface area (Å²) in [5.74, 6) is 0.179. The van der Waals surface area contributed by atoms with Gasteiger partial charge in [-0.1, -0.05) is 0 Å². The molecule has 2 aromatic rings. The fourth-order valence-corrected chi connectivity index (χ4v) is 1.52. The number of hydrogen-bond acceptors (Lipinski definition) is 2. The third-order valence-electron chi connectivity index (χ3n) is 2.33. The molecule has 0 amide bonds. The minimum absolute atomic E-state index is 0.358. The zero-order chi connectivity index (χ0) is 11.5. The van der Waals surface area contributed by atoms with E-state index in [4.69, 9.17) is 10.00 Å². The number of nitrogens with one attached hydrogen (secondary N) is 1. The Kier molecular flexibility index (Phi) is 2.61. The average molecular weight is 216 g/mol. The highest BCUT2D eigenvalue weighted by molar-refractivity contribution is 5.71. The summed E-state index contributed by atoms with van der Waals surface area (Å²) >= 11 is 0. The zero-order valence-corrected chi connectivity index (χ0v) is 8.62. The molecular weight excluding hydrogens is 207 g/mol. The van der Waals surface area contributed by atoms with Crippen molar-refractivity contribution in [3.05, 3.63) is 42.0 Å². The van der Waals surface area contributed by atoms with Crippen LogP contribution in [0.3, 0.4) is 0 Å². The summed E-state index contributed by atoms with van der Waals surface area (Å²) in [5, 5.41) is 8.86. The van der Waals surface area contributed by atoms with Gasteiger partial charge in [0, 0.05) is 23.5 Å². The summed E-state index contributed by atoms with van der Waals surface area (Å²) < 4.78 is 18.6. The molecule has 0 saturated carbocycles. The van der Waals surface area contributed by atoms with Crippen molar-refractivity contribution in [3.63, 3.8) is 0 Å². The first kappa shape index (κ1) is 10.2. The molecule has 0 saturated heterocycles. The van der Waals surface area contributed by atoms with Crippen molar-refractivity contribution in [2.75, 3.05) is 7.11 Å². The maximum absolute atomic E-state index is 13.6. The van der Waals surface area contributed by atoms with E-state index < -0.39 is 0 Å². The standard InChI is InChI=1S/C12H9FN2O/c1-16-9-2-3-12(13)10(4-9)11-7-15-6-8(11)5-14/h2-4,6-7,15H,1H3. The summed E-state index contributed by atoms with van der Waals surface area (Å²) in [6, 6.07) is 6.43. The Labute approximate surface area is 92.1 Å². The molecule has 0 aliphatic carbocycles. The summed E-state index contributed by atoms with van der Waals surface area (Å²) in [6.45, 7) is 0. The third-order valence-corrected chi connectivity index (χ3v) is 2.33. The lowest BCUT2D eigenvalue weighted by Gasteiger charge is -2.04. The van der Waals surface area contributed by atoms with Gasteiger partial charge in [0.15, 0.2) is 0 Å². The van der Waals surface area contributed by atoms with Crippen LogP contribution in [0.5, 0.6) is 5.75 Å². The fraction of sp³-hybridized carbons (Fsp3) is 0.0833. The molecular formula is C12H9FN2O. The molecule has 1 heterocycles. The van der Waals surface area contributed by atoms with Crippen molar-refractivity contribution in [2.24, 2.45) is 0 Å². The molecule has 1 aromatic carbocycles. The van der Waals surface area contributed by atoms with Crippen molar-refractivity contribution >= 4 is 0 Å². The van der Waals surface area contributed by atoms with Crippen molar-refractivity contribution < 1.29 is 9.13 Å². The molecule has 4 heteroatoms. The van der Waals surface area contributed by atoms with Crippen LogP contribution in [0.1, 0.15) is 5.56 Å². The molecule has 80 valence electrons. The van der Waals surface area contributed by atoms with Crippen LogP contribution in [0.4, 0.5) is 4.39 Å². The number of nitrogens with zero attached hydrogens (tertiary/aromatic N) is 1. The average Bonchev–Trinajstić information content (AvgIpc) is 2.77. The minimum Gasteiger partial charge on any atom is -0.497 e. The molecule has 3 nitrogen and oxygen atoms in total. The van der Waals surface area contributed by atoms with Gasteiger partial charge in [0.1, 0.15) is 17.6 Å². The monoisotopic (exact) mass is 216 g/mol. The van der Waals surface area contributed by atoms with E-state index in [-0.39, 0.29) is 5.82 Å². The predicted octanol–water partition coefficient (Wildman–Crippen LogP) is 2.70. The SMILES string of the molecule is COc1ccc(F)c(-c2c[nH]cc2C#N)c1. The molecule has 0 atom stereocenters. The van der Waals surface area contributed by atoms with Crippen LogP contribution in [0.15, 0.2) is 30.6 Å². The van der Waals surface area contributed by atoms with E-state index in [0.29, 0.717) is 22.4 Å². The fourth-order valence-electron chi connectivity index (χ4n) is 1.52. The molecule has 0 aliphatic rings. The topological polar surface area (TPSA) is 48.8 Å². The second kappa shape index (κ2) is 4.07. The van der Waals surface area contributed by atoms with Gasteiger partial charge >= 0.3 is 0 Å². The number of nitriles is 1.